The van der Waals surface area contributed by atoms with E-state index in [1.807, 2.05) is 24.4 Å². The van der Waals surface area contributed by atoms with Crippen LogP contribution in [-0.4, -0.2) is 10.9 Å². The molecule has 18 heavy (non-hydrogen) atoms. The van der Waals surface area contributed by atoms with Crippen LogP contribution in [0.15, 0.2) is 34.2 Å². The van der Waals surface area contributed by atoms with Gasteiger partial charge in [-0.3, -0.25) is 4.79 Å². The number of anilines is 1. The van der Waals surface area contributed by atoms with Gasteiger partial charge in [-0.1, -0.05) is 6.07 Å². The van der Waals surface area contributed by atoms with E-state index in [0.29, 0.717) is 5.69 Å². The first-order valence-electron chi connectivity index (χ1n) is 5.31. The van der Waals surface area contributed by atoms with Gasteiger partial charge >= 0.3 is 0 Å². The van der Waals surface area contributed by atoms with Crippen LogP contribution in [0.3, 0.4) is 0 Å². The third-order valence-corrected chi connectivity index (χ3v) is 3.84. The highest BCUT2D eigenvalue weighted by atomic mass is 79.9. The molecule has 1 unspecified atom stereocenters. The number of nitrogens with two attached hydrogens (primary N) is 1. The summed E-state index contributed by atoms with van der Waals surface area (Å²) in [5, 5.41) is 4.68. The average molecular weight is 326 g/mol. The van der Waals surface area contributed by atoms with Crippen molar-refractivity contribution >= 4 is 38.9 Å². The maximum atomic E-state index is 12.0. The fraction of sp³-hybridized carbons (Fsp3) is 0.167. The number of aryl methyl sites for hydroxylation is 1. The molecule has 0 fully saturated rings. The molecule has 0 spiro atoms. The number of carbonyl (C=O) groups excluding carboxylic acids is 1. The van der Waals surface area contributed by atoms with Crippen molar-refractivity contribution in [3.8, 4) is 0 Å². The Bertz CT molecular complexity index is 556. The molecule has 2 aromatic heterocycles. The number of nitrogens with one attached hydrogen (secondary N) is 1. The summed E-state index contributed by atoms with van der Waals surface area (Å²) in [6.45, 7) is 1.83. The molecule has 6 heteroatoms. The fourth-order valence-electron chi connectivity index (χ4n) is 1.47. The largest absolute Gasteiger partial charge is 0.323 e. The third kappa shape index (κ3) is 2.95. The maximum Gasteiger partial charge on any atom is 0.246 e. The number of amides is 1. The second-order valence-electron chi connectivity index (χ2n) is 3.75. The summed E-state index contributed by atoms with van der Waals surface area (Å²) in [5.41, 5.74) is 7.30. The Hall–Kier alpha value is -1.24. The molecule has 2 aromatic rings. The van der Waals surface area contributed by atoms with Crippen LogP contribution < -0.4 is 11.1 Å². The van der Waals surface area contributed by atoms with Crippen LogP contribution in [0.5, 0.6) is 0 Å². The maximum absolute atomic E-state index is 12.0. The zero-order valence-electron chi connectivity index (χ0n) is 9.68. The van der Waals surface area contributed by atoms with Crippen LogP contribution in [0, 0.1) is 6.92 Å². The van der Waals surface area contributed by atoms with E-state index in [4.69, 9.17) is 5.73 Å². The summed E-state index contributed by atoms with van der Waals surface area (Å²) in [6, 6.07) is 6.65. The standard InChI is InChI=1S/C12H12BrN3OS/c1-7-8(4-5-10(13)15-7)16-12(17)11(14)9-3-2-6-18-9/h2-6,11H,14H2,1H3,(H,16,17). The van der Waals surface area contributed by atoms with E-state index in [2.05, 4.69) is 26.2 Å². The number of carbonyl (C=O) groups is 1. The van der Waals surface area contributed by atoms with Gasteiger partial charge in [0.2, 0.25) is 5.91 Å². The van der Waals surface area contributed by atoms with Gasteiger partial charge in [0.25, 0.3) is 0 Å². The van der Waals surface area contributed by atoms with Crippen LogP contribution >= 0.6 is 27.3 Å². The molecular weight excluding hydrogens is 314 g/mol. The summed E-state index contributed by atoms with van der Waals surface area (Å²) in [6.07, 6.45) is 0. The van der Waals surface area contributed by atoms with Crippen LogP contribution in [0.2, 0.25) is 0 Å². The predicted octanol–water partition coefficient (Wildman–Crippen LogP) is 2.85. The Morgan fingerprint density at radius 3 is 2.89 bits per heavy atom. The lowest BCUT2D eigenvalue weighted by atomic mass is 10.2. The van der Waals surface area contributed by atoms with Gasteiger partial charge in [-0.25, -0.2) is 4.98 Å². The fourth-order valence-corrected chi connectivity index (χ4v) is 2.59. The van der Waals surface area contributed by atoms with Crippen molar-refractivity contribution in [1.29, 1.82) is 0 Å². The first kappa shape index (κ1) is 13.2. The highest BCUT2D eigenvalue weighted by molar-refractivity contribution is 9.10. The van der Waals surface area contributed by atoms with Gasteiger partial charge in [0.05, 0.1) is 11.4 Å². The highest BCUT2D eigenvalue weighted by Crippen LogP contribution is 2.20. The molecule has 0 saturated heterocycles. The van der Waals surface area contributed by atoms with Crippen molar-refractivity contribution in [3.05, 3.63) is 44.8 Å². The minimum absolute atomic E-state index is 0.232. The molecule has 0 saturated carbocycles. The summed E-state index contributed by atoms with van der Waals surface area (Å²) in [5.74, 6) is -0.232. The predicted molar refractivity (Wildman–Crippen MR) is 76.6 cm³/mol. The Balaban J connectivity index is 2.12. The zero-order chi connectivity index (χ0) is 13.1. The zero-order valence-corrected chi connectivity index (χ0v) is 12.1. The molecule has 0 aliphatic rings. The van der Waals surface area contributed by atoms with Crippen molar-refractivity contribution in [2.24, 2.45) is 5.73 Å². The van der Waals surface area contributed by atoms with E-state index < -0.39 is 6.04 Å². The second kappa shape index (κ2) is 5.60. The second-order valence-corrected chi connectivity index (χ2v) is 5.54. The number of pyridine rings is 1. The Kier molecular flexibility index (Phi) is 4.11. The lowest BCUT2D eigenvalue weighted by molar-refractivity contribution is -0.117. The third-order valence-electron chi connectivity index (χ3n) is 2.44. The Labute approximate surface area is 117 Å². The topological polar surface area (TPSA) is 68.0 Å². The normalized spacial score (nSPS) is 12.2. The van der Waals surface area contributed by atoms with Crippen molar-refractivity contribution < 1.29 is 4.79 Å². The molecule has 0 aliphatic carbocycles. The van der Waals surface area contributed by atoms with Crippen LogP contribution in [0.25, 0.3) is 0 Å². The van der Waals surface area contributed by atoms with Crippen LogP contribution in [0.1, 0.15) is 16.6 Å². The lowest BCUT2D eigenvalue weighted by Crippen LogP contribution is -2.27. The summed E-state index contributed by atoms with van der Waals surface area (Å²) >= 11 is 4.74. The molecule has 0 aliphatic heterocycles. The van der Waals surface area contributed by atoms with Gasteiger partial charge in [0, 0.05) is 4.88 Å². The van der Waals surface area contributed by atoms with Gasteiger partial charge in [0.1, 0.15) is 10.6 Å². The van der Waals surface area contributed by atoms with Crippen LogP contribution in [0.4, 0.5) is 5.69 Å². The molecule has 1 amide bonds. The minimum atomic E-state index is -0.645. The summed E-state index contributed by atoms with van der Waals surface area (Å²) < 4.78 is 0.737. The van der Waals surface area contributed by atoms with Crippen molar-refractivity contribution in [3.63, 3.8) is 0 Å². The highest BCUT2D eigenvalue weighted by Gasteiger charge is 2.17. The van der Waals surface area contributed by atoms with Crippen molar-refractivity contribution in [2.45, 2.75) is 13.0 Å². The molecule has 2 rings (SSSR count). The molecular formula is C12H12BrN3OS. The average Bonchev–Trinajstić information content (AvgIpc) is 2.85. The van der Waals surface area contributed by atoms with Crippen molar-refractivity contribution in [2.75, 3.05) is 5.32 Å². The first-order chi connectivity index (χ1) is 8.58. The number of nitrogens with zero attached hydrogens (tertiary/aromatic N) is 1. The smallest absolute Gasteiger partial charge is 0.246 e. The molecule has 3 N–H and O–H groups in total. The van der Waals surface area contributed by atoms with E-state index in [9.17, 15) is 4.79 Å². The quantitative estimate of drug-likeness (QED) is 0.852. The van der Waals surface area contributed by atoms with Gasteiger partial charge < -0.3 is 11.1 Å². The molecule has 94 valence electrons. The van der Waals surface area contributed by atoms with E-state index in [-0.39, 0.29) is 5.91 Å². The number of hydrogen-bond acceptors (Lipinski definition) is 4. The van der Waals surface area contributed by atoms with Gasteiger partial charge in [-0.05, 0) is 46.4 Å². The number of halogens is 1. The molecule has 1 atom stereocenters. The number of aromatic nitrogens is 1. The minimum Gasteiger partial charge on any atom is -0.323 e. The summed E-state index contributed by atoms with van der Waals surface area (Å²) in [4.78, 5) is 17.0. The van der Waals surface area contributed by atoms with Gasteiger partial charge in [-0.2, -0.15) is 0 Å². The van der Waals surface area contributed by atoms with E-state index in [1.165, 1.54) is 11.3 Å². The van der Waals surface area contributed by atoms with E-state index in [1.54, 1.807) is 12.1 Å². The number of rotatable bonds is 3. The summed E-state index contributed by atoms with van der Waals surface area (Å²) in [7, 11) is 0. The molecule has 0 radical (unpaired) electrons. The number of thiophene rings is 1. The van der Waals surface area contributed by atoms with Crippen molar-refractivity contribution in [1.82, 2.24) is 4.98 Å². The first-order valence-corrected chi connectivity index (χ1v) is 6.98. The Morgan fingerprint density at radius 1 is 1.50 bits per heavy atom. The molecule has 4 nitrogen and oxygen atoms in total. The molecule has 0 aromatic carbocycles. The van der Waals surface area contributed by atoms with E-state index in [0.717, 1.165) is 15.2 Å². The van der Waals surface area contributed by atoms with Gasteiger partial charge in [-0.15, -0.1) is 11.3 Å². The Morgan fingerprint density at radius 2 is 2.28 bits per heavy atom. The van der Waals surface area contributed by atoms with Gasteiger partial charge in [0.15, 0.2) is 0 Å². The molecule has 0 bridgehead atoms. The lowest BCUT2D eigenvalue weighted by Gasteiger charge is -2.12. The SMILES string of the molecule is Cc1nc(Br)ccc1NC(=O)C(N)c1cccs1. The molecule has 2 heterocycles. The van der Waals surface area contributed by atoms with Crippen LogP contribution in [-0.2, 0) is 4.79 Å². The monoisotopic (exact) mass is 325 g/mol. The van der Waals surface area contributed by atoms with E-state index >= 15 is 0 Å². The number of hydrogen-bond donors (Lipinski definition) is 2.